The lowest BCUT2D eigenvalue weighted by molar-refractivity contribution is -0.143. The second kappa shape index (κ2) is 6.83. The minimum Gasteiger partial charge on any atom is -0.465 e. The van der Waals surface area contributed by atoms with Gasteiger partial charge in [-0.15, -0.1) is 0 Å². The molecule has 0 atom stereocenters. The van der Waals surface area contributed by atoms with Crippen molar-refractivity contribution in [3.8, 4) is 0 Å². The summed E-state index contributed by atoms with van der Waals surface area (Å²) in [7, 11) is 0. The molecule has 0 spiro atoms. The van der Waals surface area contributed by atoms with Crippen LogP contribution in [0.2, 0.25) is 5.02 Å². The molecule has 6 heteroatoms. The summed E-state index contributed by atoms with van der Waals surface area (Å²) in [4.78, 5) is 14.1. The predicted octanol–water partition coefficient (Wildman–Crippen LogP) is 4.39. The number of nitrogens with zero attached hydrogens (tertiary/aromatic N) is 3. The number of hydrogen-bond donors (Lipinski definition) is 0. The summed E-state index contributed by atoms with van der Waals surface area (Å²) in [5.74, 6) is -0.277. The molecule has 0 saturated heterocycles. The third kappa shape index (κ3) is 3.90. The second-order valence-corrected chi connectivity index (χ2v) is 5.94. The number of hydrogen-bond acceptors (Lipinski definition) is 3. The zero-order valence-electron chi connectivity index (χ0n) is 12.0. The first-order valence-corrected chi connectivity index (χ1v) is 7.37. The number of esters is 1. The monoisotopic (exact) mass is 307 g/mol. The van der Waals surface area contributed by atoms with E-state index < -0.39 is 0 Å². The first kappa shape index (κ1) is 15.7. The van der Waals surface area contributed by atoms with E-state index in [2.05, 4.69) is 10.0 Å². The summed E-state index contributed by atoms with van der Waals surface area (Å²) < 4.78 is 5.29. The Labute approximate surface area is 128 Å². The van der Waals surface area contributed by atoms with Crippen LogP contribution in [-0.2, 0) is 14.9 Å². The molecule has 1 aliphatic rings. The largest absolute Gasteiger partial charge is 0.465 e. The highest BCUT2D eigenvalue weighted by Gasteiger charge is 2.37. The van der Waals surface area contributed by atoms with Gasteiger partial charge in [0.25, 0.3) is 0 Å². The van der Waals surface area contributed by atoms with E-state index in [-0.39, 0.29) is 17.4 Å². The Hall–Kier alpha value is -1.71. The van der Waals surface area contributed by atoms with Gasteiger partial charge in [0.2, 0.25) is 0 Å². The van der Waals surface area contributed by atoms with E-state index in [0.717, 1.165) is 31.2 Å². The fourth-order valence-electron chi connectivity index (χ4n) is 2.90. The van der Waals surface area contributed by atoms with Crippen LogP contribution in [0.15, 0.2) is 29.4 Å². The van der Waals surface area contributed by atoms with E-state index in [4.69, 9.17) is 21.9 Å². The van der Waals surface area contributed by atoms with Crippen LogP contribution in [0, 0.1) is 0 Å². The van der Waals surface area contributed by atoms with Crippen molar-refractivity contribution in [2.24, 2.45) is 5.11 Å². The molecule has 0 bridgehead atoms. The number of carbonyl (C=O) groups excluding carboxylic acids is 1. The van der Waals surface area contributed by atoms with Crippen LogP contribution in [0.1, 0.15) is 38.2 Å². The smallest absolute Gasteiger partial charge is 0.302 e. The van der Waals surface area contributed by atoms with Gasteiger partial charge in [-0.3, -0.25) is 4.79 Å². The predicted molar refractivity (Wildman–Crippen MR) is 81.2 cm³/mol. The van der Waals surface area contributed by atoms with Gasteiger partial charge in [0.1, 0.15) is 6.61 Å². The molecule has 21 heavy (non-hydrogen) atoms. The lowest BCUT2D eigenvalue weighted by Crippen LogP contribution is -2.38. The zero-order chi connectivity index (χ0) is 15.3. The van der Waals surface area contributed by atoms with Crippen molar-refractivity contribution in [3.63, 3.8) is 0 Å². The molecule has 1 aliphatic carbocycles. The molecule has 0 aliphatic heterocycles. The highest BCUT2D eigenvalue weighted by atomic mass is 35.5. The number of azide groups is 1. The average Bonchev–Trinajstić information content (AvgIpc) is 2.48. The number of carbonyl (C=O) groups is 1. The molecule has 5 nitrogen and oxygen atoms in total. The summed E-state index contributed by atoms with van der Waals surface area (Å²) in [6.07, 6.45) is 3.25. The maximum atomic E-state index is 11.2. The van der Waals surface area contributed by atoms with Crippen LogP contribution in [0.25, 0.3) is 10.4 Å². The Kier molecular flexibility index (Phi) is 5.10. The lowest BCUT2D eigenvalue weighted by Gasteiger charge is -2.39. The Bertz CT molecular complexity index is 545. The average molecular weight is 308 g/mol. The first-order valence-electron chi connectivity index (χ1n) is 6.99. The van der Waals surface area contributed by atoms with Gasteiger partial charge in [0.15, 0.2) is 0 Å². The molecule has 2 rings (SSSR count). The van der Waals surface area contributed by atoms with Crippen LogP contribution >= 0.6 is 11.6 Å². The molecule has 1 saturated carbocycles. The summed E-state index contributed by atoms with van der Waals surface area (Å²) in [5, 5.41) is 4.49. The highest BCUT2D eigenvalue weighted by Crippen LogP contribution is 2.41. The van der Waals surface area contributed by atoms with Gasteiger partial charge in [0.05, 0.1) is 0 Å². The molecule has 0 radical (unpaired) electrons. The van der Waals surface area contributed by atoms with Gasteiger partial charge < -0.3 is 4.74 Å². The van der Waals surface area contributed by atoms with Crippen molar-refractivity contribution in [1.82, 2.24) is 0 Å². The molecule has 0 unspecified atom stereocenters. The molecular formula is C15H18ClN3O2. The summed E-state index contributed by atoms with van der Waals surface area (Å²) in [5.41, 5.74) is 9.45. The quantitative estimate of drug-likeness (QED) is 0.358. The molecule has 1 aromatic carbocycles. The SMILES string of the molecule is CC(=O)OCC1(c2ccc(Cl)cc2)CCC(N=[N+]=[N-])CC1. The third-order valence-electron chi connectivity index (χ3n) is 4.14. The maximum Gasteiger partial charge on any atom is 0.302 e. The topological polar surface area (TPSA) is 75.1 Å². The number of benzene rings is 1. The van der Waals surface area contributed by atoms with E-state index in [1.165, 1.54) is 6.92 Å². The summed E-state index contributed by atoms with van der Waals surface area (Å²) in [6.45, 7) is 1.77. The van der Waals surface area contributed by atoms with E-state index in [1.807, 2.05) is 24.3 Å². The van der Waals surface area contributed by atoms with Crippen molar-refractivity contribution < 1.29 is 9.53 Å². The third-order valence-corrected chi connectivity index (χ3v) is 4.39. The maximum absolute atomic E-state index is 11.2. The van der Waals surface area contributed by atoms with Gasteiger partial charge in [-0.05, 0) is 48.9 Å². The van der Waals surface area contributed by atoms with E-state index in [0.29, 0.717) is 11.6 Å². The number of rotatable bonds is 4. The van der Waals surface area contributed by atoms with Crippen molar-refractivity contribution in [1.29, 1.82) is 0 Å². The van der Waals surface area contributed by atoms with Crippen LogP contribution in [0.3, 0.4) is 0 Å². The van der Waals surface area contributed by atoms with Gasteiger partial charge in [0, 0.05) is 28.3 Å². The van der Waals surface area contributed by atoms with Gasteiger partial charge in [-0.25, -0.2) is 0 Å². The Morgan fingerprint density at radius 3 is 2.57 bits per heavy atom. The normalized spacial score (nSPS) is 25.0. The van der Waals surface area contributed by atoms with E-state index in [9.17, 15) is 4.79 Å². The second-order valence-electron chi connectivity index (χ2n) is 5.50. The fraction of sp³-hybridized carbons (Fsp3) is 0.533. The lowest BCUT2D eigenvalue weighted by atomic mass is 9.69. The molecule has 112 valence electrons. The summed E-state index contributed by atoms with van der Waals surface area (Å²) in [6, 6.07) is 7.71. The number of ether oxygens (including phenoxy) is 1. The molecule has 0 N–H and O–H groups in total. The standard InChI is InChI=1S/C15H18ClN3O2/c1-11(20)21-10-15(12-2-4-13(16)5-3-12)8-6-14(7-9-15)18-19-17/h2-5,14H,6-10H2,1H3. The summed E-state index contributed by atoms with van der Waals surface area (Å²) >= 11 is 5.95. The number of halogens is 1. The Morgan fingerprint density at radius 2 is 2.05 bits per heavy atom. The van der Waals surface area contributed by atoms with Crippen molar-refractivity contribution >= 4 is 17.6 Å². The minimum atomic E-state index is -0.277. The molecular weight excluding hydrogens is 290 g/mol. The molecule has 0 aromatic heterocycles. The van der Waals surface area contributed by atoms with Crippen LogP contribution < -0.4 is 0 Å². The highest BCUT2D eigenvalue weighted by molar-refractivity contribution is 6.30. The first-order chi connectivity index (χ1) is 10.1. The molecule has 0 heterocycles. The zero-order valence-corrected chi connectivity index (χ0v) is 12.7. The molecule has 0 amide bonds. The van der Waals surface area contributed by atoms with Gasteiger partial charge in [-0.2, -0.15) is 0 Å². The molecule has 1 aromatic rings. The van der Waals surface area contributed by atoms with Crippen LogP contribution in [0.4, 0.5) is 0 Å². The Balaban J connectivity index is 2.21. The molecule has 1 fully saturated rings. The van der Waals surface area contributed by atoms with Crippen molar-refractivity contribution in [2.45, 2.75) is 44.1 Å². The van der Waals surface area contributed by atoms with E-state index >= 15 is 0 Å². The van der Waals surface area contributed by atoms with Crippen LogP contribution in [-0.4, -0.2) is 18.6 Å². The van der Waals surface area contributed by atoms with Crippen molar-refractivity contribution in [2.75, 3.05) is 6.61 Å². The van der Waals surface area contributed by atoms with Gasteiger partial charge in [-0.1, -0.05) is 28.8 Å². The fourth-order valence-corrected chi connectivity index (χ4v) is 3.03. The van der Waals surface area contributed by atoms with Crippen molar-refractivity contribution in [3.05, 3.63) is 45.3 Å². The van der Waals surface area contributed by atoms with Gasteiger partial charge >= 0.3 is 5.97 Å². The Morgan fingerprint density at radius 1 is 1.43 bits per heavy atom. The minimum absolute atomic E-state index is 0.0350. The van der Waals surface area contributed by atoms with Crippen LogP contribution in [0.5, 0.6) is 0 Å². The van der Waals surface area contributed by atoms with E-state index in [1.54, 1.807) is 0 Å².